The summed E-state index contributed by atoms with van der Waals surface area (Å²) in [5, 5.41) is 9.87. The number of likely N-dealkylation sites (N-methyl/N-ethyl adjacent to an activating group) is 1. The molecule has 1 saturated carbocycles. The number of nitrogens with one attached hydrogen (secondary N) is 2. The molecule has 1 aromatic heterocycles. The van der Waals surface area contributed by atoms with E-state index in [9.17, 15) is 9.59 Å². The first-order valence-electron chi connectivity index (χ1n) is 8.12. The van der Waals surface area contributed by atoms with E-state index in [2.05, 4.69) is 15.5 Å². The van der Waals surface area contributed by atoms with E-state index in [0.717, 1.165) is 35.3 Å². The number of nitrogens with zero attached hydrogens (tertiary/aromatic N) is 2. The number of benzene rings is 1. The number of carbonyl (C=O) groups is 2. The molecule has 1 heterocycles. The van der Waals surface area contributed by atoms with Gasteiger partial charge >= 0.3 is 0 Å². The average molecular weight is 326 g/mol. The molecule has 2 N–H and O–H groups in total. The van der Waals surface area contributed by atoms with Gasteiger partial charge in [0.05, 0.1) is 6.54 Å². The topological polar surface area (TPSA) is 78.1 Å². The minimum Gasteiger partial charge on any atom is -0.331 e. The summed E-state index contributed by atoms with van der Waals surface area (Å²) in [5.41, 5.74) is 4.17. The number of anilines is 1. The van der Waals surface area contributed by atoms with Crippen LogP contribution in [0.5, 0.6) is 0 Å². The van der Waals surface area contributed by atoms with Crippen LogP contribution in [0.15, 0.2) is 24.3 Å². The van der Waals surface area contributed by atoms with Gasteiger partial charge in [-0.1, -0.05) is 18.2 Å². The third-order valence-electron chi connectivity index (χ3n) is 4.31. The monoisotopic (exact) mass is 326 g/mol. The third-order valence-corrected chi connectivity index (χ3v) is 4.31. The number of aromatic amines is 1. The van der Waals surface area contributed by atoms with Crippen molar-refractivity contribution in [2.75, 3.05) is 18.9 Å². The van der Waals surface area contributed by atoms with E-state index in [0.29, 0.717) is 11.6 Å². The summed E-state index contributed by atoms with van der Waals surface area (Å²) in [7, 11) is 1.61. The molecule has 6 nitrogen and oxygen atoms in total. The minimum absolute atomic E-state index is 0.0156. The first-order valence-corrected chi connectivity index (χ1v) is 8.12. The molecule has 1 aliphatic rings. The summed E-state index contributed by atoms with van der Waals surface area (Å²) in [6.45, 7) is 3.87. The van der Waals surface area contributed by atoms with Gasteiger partial charge in [-0.25, -0.2) is 0 Å². The lowest BCUT2D eigenvalue weighted by molar-refractivity contribution is -0.116. The fraction of sp³-hybridized carbons (Fsp3) is 0.389. The zero-order valence-corrected chi connectivity index (χ0v) is 14.2. The van der Waals surface area contributed by atoms with Crippen LogP contribution in [0.25, 0.3) is 0 Å². The zero-order chi connectivity index (χ0) is 17.3. The highest BCUT2D eigenvalue weighted by Crippen LogP contribution is 2.39. The highest BCUT2D eigenvalue weighted by atomic mass is 16.2. The number of aromatic nitrogens is 2. The molecule has 0 bridgehead atoms. The predicted molar refractivity (Wildman–Crippen MR) is 92.1 cm³/mol. The SMILES string of the molecule is Cc1cccc(C)c1NC(=O)CN(C)C(=O)c1cc(C2CC2)[nH]n1. The molecule has 0 atom stereocenters. The second-order valence-electron chi connectivity index (χ2n) is 6.46. The summed E-state index contributed by atoms with van der Waals surface area (Å²) < 4.78 is 0. The molecule has 1 aliphatic carbocycles. The van der Waals surface area contributed by atoms with E-state index in [1.165, 1.54) is 4.90 Å². The Morgan fingerprint density at radius 1 is 1.29 bits per heavy atom. The van der Waals surface area contributed by atoms with E-state index in [1.807, 2.05) is 32.0 Å². The number of amides is 2. The van der Waals surface area contributed by atoms with Gasteiger partial charge in [-0.3, -0.25) is 14.7 Å². The predicted octanol–water partition coefficient (Wildman–Crippen LogP) is 2.61. The Morgan fingerprint density at radius 2 is 1.96 bits per heavy atom. The molecule has 0 unspecified atom stereocenters. The molecule has 6 heteroatoms. The van der Waals surface area contributed by atoms with Crippen molar-refractivity contribution >= 4 is 17.5 Å². The van der Waals surface area contributed by atoms with E-state index in [-0.39, 0.29) is 18.4 Å². The number of rotatable bonds is 5. The van der Waals surface area contributed by atoms with Gasteiger partial charge in [-0.05, 0) is 43.9 Å². The van der Waals surface area contributed by atoms with Crippen molar-refractivity contribution < 1.29 is 9.59 Å². The summed E-state index contributed by atoms with van der Waals surface area (Å²) in [6.07, 6.45) is 2.29. The largest absolute Gasteiger partial charge is 0.331 e. The normalized spacial score (nSPS) is 13.6. The van der Waals surface area contributed by atoms with E-state index < -0.39 is 0 Å². The molecule has 126 valence electrons. The molecular weight excluding hydrogens is 304 g/mol. The Labute approximate surface area is 141 Å². The lowest BCUT2D eigenvalue weighted by Gasteiger charge is -2.17. The van der Waals surface area contributed by atoms with Gasteiger partial charge in [0.1, 0.15) is 5.69 Å². The van der Waals surface area contributed by atoms with Gasteiger partial charge < -0.3 is 10.2 Å². The molecular formula is C18H22N4O2. The third kappa shape index (κ3) is 3.48. The van der Waals surface area contributed by atoms with Crippen LogP contribution in [0.2, 0.25) is 0 Å². The first-order chi connectivity index (χ1) is 11.5. The molecule has 3 rings (SSSR count). The average Bonchev–Trinajstić information content (AvgIpc) is 3.27. The molecule has 0 saturated heterocycles. The van der Waals surface area contributed by atoms with Gasteiger partial charge in [-0.15, -0.1) is 0 Å². The fourth-order valence-corrected chi connectivity index (χ4v) is 2.72. The Bertz CT molecular complexity index is 757. The summed E-state index contributed by atoms with van der Waals surface area (Å²) in [4.78, 5) is 26.0. The molecule has 1 fully saturated rings. The number of hydrogen-bond acceptors (Lipinski definition) is 3. The molecule has 0 spiro atoms. The van der Waals surface area contributed by atoms with Crippen LogP contribution in [-0.2, 0) is 4.79 Å². The lowest BCUT2D eigenvalue weighted by atomic mass is 10.1. The van der Waals surface area contributed by atoms with Crippen LogP contribution in [-0.4, -0.2) is 40.5 Å². The first kappa shape index (κ1) is 16.2. The Kier molecular flexibility index (Phi) is 4.38. The summed E-state index contributed by atoms with van der Waals surface area (Å²) in [5.74, 6) is 0.0349. The molecule has 0 aliphatic heterocycles. The lowest BCUT2D eigenvalue weighted by Crippen LogP contribution is -2.35. The summed E-state index contributed by atoms with van der Waals surface area (Å²) in [6, 6.07) is 7.63. The number of H-pyrrole nitrogens is 1. The van der Waals surface area contributed by atoms with Crippen molar-refractivity contribution in [1.29, 1.82) is 0 Å². The van der Waals surface area contributed by atoms with Gasteiger partial charge in [0.2, 0.25) is 5.91 Å². The minimum atomic E-state index is -0.255. The van der Waals surface area contributed by atoms with Crippen LogP contribution in [0.4, 0.5) is 5.69 Å². The van der Waals surface area contributed by atoms with Crippen molar-refractivity contribution in [3.8, 4) is 0 Å². The van der Waals surface area contributed by atoms with Gasteiger partial charge in [0.15, 0.2) is 0 Å². The Hall–Kier alpha value is -2.63. The van der Waals surface area contributed by atoms with E-state index in [1.54, 1.807) is 13.1 Å². The Morgan fingerprint density at radius 3 is 2.58 bits per heavy atom. The van der Waals surface area contributed by atoms with E-state index in [4.69, 9.17) is 0 Å². The second-order valence-corrected chi connectivity index (χ2v) is 6.46. The maximum absolute atomic E-state index is 12.4. The maximum Gasteiger partial charge on any atom is 0.274 e. The Balaban J connectivity index is 1.61. The molecule has 0 radical (unpaired) electrons. The highest BCUT2D eigenvalue weighted by Gasteiger charge is 2.27. The van der Waals surface area contributed by atoms with Crippen LogP contribution in [0.3, 0.4) is 0 Å². The zero-order valence-electron chi connectivity index (χ0n) is 14.2. The molecule has 2 aromatic rings. The van der Waals surface area contributed by atoms with Crippen molar-refractivity contribution in [2.24, 2.45) is 0 Å². The van der Waals surface area contributed by atoms with Gasteiger partial charge in [0.25, 0.3) is 5.91 Å². The van der Waals surface area contributed by atoms with Crippen LogP contribution in [0, 0.1) is 13.8 Å². The highest BCUT2D eigenvalue weighted by molar-refractivity contribution is 5.99. The number of aryl methyl sites for hydroxylation is 2. The fourth-order valence-electron chi connectivity index (χ4n) is 2.72. The van der Waals surface area contributed by atoms with Crippen LogP contribution in [0.1, 0.15) is 46.1 Å². The quantitative estimate of drug-likeness (QED) is 0.886. The standard InChI is InChI=1S/C18H22N4O2/c1-11-5-4-6-12(2)17(11)19-16(23)10-22(3)18(24)15-9-14(20-21-15)13-7-8-13/h4-6,9,13H,7-8,10H2,1-3H3,(H,19,23)(H,20,21). The number of para-hydroxylation sites is 1. The molecule has 1 aromatic carbocycles. The number of hydrogen-bond donors (Lipinski definition) is 2. The van der Waals surface area contributed by atoms with Crippen molar-refractivity contribution in [3.63, 3.8) is 0 Å². The van der Waals surface area contributed by atoms with Crippen LogP contribution >= 0.6 is 0 Å². The maximum atomic E-state index is 12.4. The van der Waals surface area contributed by atoms with Crippen LogP contribution < -0.4 is 5.32 Å². The van der Waals surface area contributed by atoms with Gasteiger partial charge in [-0.2, -0.15) is 5.10 Å². The van der Waals surface area contributed by atoms with Crippen molar-refractivity contribution in [2.45, 2.75) is 32.6 Å². The van der Waals surface area contributed by atoms with Crippen molar-refractivity contribution in [1.82, 2.24) is 15.1 Å². The second kappa shape index (κ2) is 6.47. The van der Waals surface area contributed by atoms with Gasteiger partial charge in [0, 0.05) is 24.3 Å². The smallest absolute Gasteiger partial charge is 0.274 e. The van der Waals surface area contributed by atoms with Crippen molar-refractivity contribution in [3.05, 3.63) is 46.8 Å². The number of carbonyl (C=O) groups excluding carboxylic acids is 2. The molecule has 24 heavy (non-hydrogen) atoms. The summed E-state index contributed by atoms with van der Waals surface area (Å²) >= 11 is 0. The van der Waals surface area contributed by atoms with E-state index >= 15 is 0 Å². The molecule has 2 amide bonds.